The molecule has 0 radical (unpaired) electrons. The summed E-state index contributed by atoms with van der Waals surface area (Å²) in [6.45, 7) is 9.97. The fourth-order valence-corrected chi connectivity index (χ4v) is 2.89. The number of hydrogen-bond acceptors (Lipinski definition) is 4. The Balaban J connectivity index is 1.61. The smallest absolute Gasteiger partial charge is 0.407 e. The number of nitrogens with one attached hydrogen (secondary N) is 1. The van der Waals surface area contributed by atoms with Crippen molar-refractivity contribution in [2.24, 2.45) is 5.92 Å². The van der Waals surface area contributed by atoms with Gasteiger partial charge in [0.2, 0.25) is 0 Å². The highest BCUT2D eigenvalue weighted by atomic mass is 16.6. The van der Waals surface area contributed by atoms with Crippen LogP contribution in [-0.4, -0.2) is 24.3 Å². The summed E-state index contributed by atoms with van der Waals surface area (Å²) in [6, 6.07) is 17.6. The predicted octanol–water partition coefficient (Wildman–Crippen LogP) is 6.03. The Kier molecular flexibility index (Phi) is 6.16. The number of furan rings is 1. The molecule has 0 saturated carbocycles. The van der Waals surface area contributed by atoms with Crippen LogP contribution in [0.1, 0.15) is 34.6 Å². The van der Waals surface area contributed by atoms with E-state index >= 15 is 0 Å². The number of rotatable bonds is 6. The summed E-state index contributed by atoms with van der Waals surface area (Å²) in [5.74, 6) is 1.77. The third-order valence-corrected chi connectivity index (χ3v) is 4.50. The van der Waals surface area contributed by atoms with Gasteiger partial charge in [0.25, 0.3) is 0 Å². The van der Waals surface area contributed by atoms with E-state index in [9.17, 15) is 4.79 Å². The van der Waals surface area contributed by atoms with Crippen molar-refractivity contribution in [3.63, 3.8) is 0 Å². The molecule has 0 bridgehead atoms. The van der Waals surface area contributed by atoms with Crippen molar-refractivity contribution in [2.75, 3.05) is 6.61 Å². The van der Waals surface area contributed by atoms with Gasteiger partial charge in [0.1, 0.15) is 29.3 Å². The quantitative estimate of drug-likeness (QED) is 0.554. The fourth-order valence-electron chi connectivity index (χ4n) is 2.89. The Morgan fingerprint density at radius 1 is 1.07 bits per heavy atom. The first-order chi connectivity index (χ1) is 13.7. The van der Waals surface area contributed by atoms with Gasteiger partial charge in [-0.05, 0) is 63.1 Å². The number of alkyl carbamates (subject to hydrolysis) is 1. The number of ether oxygens (including phenoxy) is 2. The summed E-state index contributed by atoms with van der Waals surface area (Å²) in [5, 5.41) is 3.97. The van der Waals surface area contributed by atoms with Gasteiger partial charge in [-0.1, -0.05) is 32.0 Å². The van der Waals surface area contributed by atoms with Gasteiger partial charge in [-0.2, -0.15) is 0 Å². The van der Waals surface area contributed by atoms with Crippen molar-refractivity contribution in [1.29, 1.82) is 0 Å². The maximum Gasteiger partial charge on any atom is 0.407 e. The molecule has 1 aromatic heterocycles. The number of carbonyl (C=O) groups excluding carboxylic acids is 1. The molecule has 1 heterocycles. The van der Waals surface area contributed by atoms with E-state index in [1.54, 1.807) is 0 Å². The maximum atomic E-state index is 12.1. The molecule has 0 fully saturated rings. The molecule has 0 aliphatic rings. The van der Waals surface area contributed by atoms with Crippen LogP contribution in [0.25, 0.3) is 22.3 Å². The average molecular weight is 395 g/mol. The molecular weight excluding hydrogens is 366 g/mol. The van der Waals surface area contributed by atoms with Crippen molar-refractivity contribution >= 4 is 17.1 Å². The summed E-state index contributed by atoms with van der Waals surface area (Å²) in [6.07, 6.45) is -0.431. The second kappa shape index (κ2) is 8.60. The number of fused-ring (bicyclic) bond motifs is 1. The van der Waals surface area contributed by atoms with Crippen LogP contribution in [0.5, 0.6) is 5.75 Å². The van der Waals surface area contributed by atoms with Gasteiger partial charge in [0, 0.05) is 10.9 Å². The molecule has 1 N–H and O–H groups in total. The largest absolute Gasteiger partial charge is 0.491 e. The van der Waals surface area contributed by atoms with Crippen molar-refractivity contribution < 1.29 is 18.7 Å². The highest BCUT2D eigenvalue weighted by Crippen LogP contribution is 2.29. The Bertz CT molecular complexity index is 918. The number of amides is 1. The zero-order chi connectivity index (χ0) is 21.0. The molecular formula is C24H29NO4. The maximum absolute atomic E-state index is 12.1. The van der Waals surface area contributed by atoms with Crippen molar-refractivity contribution in [2.45, 2.75) is 46.3 Å². The van der Waals surface area contributed by atoms with Gasteiger partial charge >= 0.3 is 6.09 Å². The lowest BCUT2D eigenvalue weighted by atomic mass is 10.1. The van der Waals surface area contributed by atoms with Crippen molar-refractivity contribution in [3.8, 4) is 17.1 Å². The minimum atomic E-state index is -0.529. The molecule has 29 heavy (non-hydrogen) atoms. The Hall–Kier alpha value is -2.95. The molecule has 5 nitrogen and oxygen atoms in total. The lowest BCUT2D eigenvalue weighted by molar-refractivity contribution is 0.0469. The normalized spacial score (nSPS) is 12.8. The van der Waals surface area contributed by atoms with E-state index in [0.29, 0.717) is 6.61 Å². The van der Waals surface area contributed by atoms with Crippen LogP contribution >= 0.6 is 0 Å². The topological polar surface area (TPSA) is 60.7 Å². The second-order valence-corrected chi connectivity index (χ2v) is 8.48. The van der Waals surface area contributed by atoms with E-state index < -0.39 is 11.7 Å². The number of carbonyl (C=O) groups is 1. The fraction of sp³-hybridized carbons (Fsp3) is 0.375. The molecule has 0 aliphatic heterocycles. The monoisotopic (exact) mass is 395 g/mol. The molecule has 1 unspecified atom stereocenters. The van der Waals surface area contributed by atoms with Crippen LogP contribution in [0.15, 0.2) is 59.0 Å². The van der Waals surface area contributed by atoms with Crippen LogP contribution in [0, 0.1) is 5.92 Å². The van der Waals surface area contributed by atoms with Crippen LogP contribution in [-0.2, 0) is 4.74 Å². The molecule has 1 atom stereocenters. The van der Waals surface area contributed by atoms with E-state index in [-0.39, 0.29) is 12.0 Å². The number of benzene rings is 2. The summed E-state index contributed by atoms with van der Waals surface area (Å²) in [5.41, 5.74) is 1.33. The van der Waals surface area contributed by atoms with E-state index in [4.69, 9.17) is 13.9 Å². The van der Waals surface area contributed by atoms with Crippen LogP contribution in [0.4, 0.5) is 4.79 Å². The molecule has 5 heteroatoms. The standard InChI is InChI=1S/C24H29NO4/c1-16(2)20(25-23(26)29-24(3,4)5)15-27-19-12-10-17(11-13-19)22-14-18-8-6-7-9-21(18)28-22/h6-14,16,20H,15H2,1-5H3,(H,25,26). The van der Waals surface area contributed by atoms with E-state index in [0.717, 1.165) is 28.0 Å². The highest BCUT2D eigenvalue weighted by molar-refractivity contribution is 5.82. The summed E-state index contributed by atoms with van der Waals surface area (Å²) >= 11 is 0. The van der Waals surface area contributed by atoms with Gasteiger partial charge in [0.05, 0.1) is 6.04 Å². The summed E-state index contributed by atoms with van der Waals surface area (Å²) in [7, 11) is 0. The lowest BCUT2D eigenvalue weighted by Crippen LogP contribution is -2.45. The first-order valence-electron chi connectivity index (χ1n) is 9.92. The molecule has 1 amide bonds. The highest BCUT2D eigenvalue weighted by Gasteiger charge is 2.22. The molecule has 154 valence electrons. The summed E-state index contributed by atoms with van der Waals surface area (Å²) < 4.78 is 17.2. The number of para-hydroxylation sites is 1. The minimum Gasteiger partial charge on any atom is -0.491 e. The second-order valence-electron chi connectivity index (χ2n) is 8.48. The molecule has 0 spiro atoms. The zero-order valence-electron chi connectivity index (χ0n) is 17.7. The van der Waals surface area contributed by atoms with E-state index in [2.05, 4.69) is 5.32 Å². The van der Waals surface area contributed by atoms with Gasteiger partial charge in [-0.25, -0.2) is 4.79 Å². The third kappa shape index (κ3) is 5.76. The van der Waals surface area contributed by atoms with Crippen molar-refractivity contribution in [1.82, 2.24) is 5.32 Å². The third-order valence-electron chi connectivity index (χ3n) is 4.50. The first kappa shape index (κ1) is 20.8. The van der Waals surface area contributed by atoms with Gasteiger partial charge in [0.15, 0.2) is 0 Å². The lowest BCUT2D eigenvalue weighted by Gasteiger charge is -2.25. The molecule has 2 aromatic carbocycles. The minimum absolute atomic E-state index is 0.153. The summed E-state index contributed by atoms with van der Waals surface area (Å²) in [4.78, 5) is 12.1. The Morgan fingerprint density at radius 2 is 1.76 bits per heavy atom. The molecule has 3 aromatic rings. The van der Waals surface area contributed by atoms with E-state index in [1.165, 1.54) is 0 Å². The van der Waals surface area contributed by atoms with E-state index in [1.807, 2.05) is 89.2 Å². The van der Waals surface area contributed by atoms with Gasteiger partial charge in [-0.3, -0.25) is 0 Å². The van der Waals surface area contributed by atoms with Crippen LogP contribution in [0.2, 0.25) is 0 Å². The Labute approximate surface area is 172 Å². The van der Waals surface area contributed by atoms with Gasteiger partial charge in [-0.15, -0.1) is 0 Å². The first-order valence-corrected chi connectivity index (χ1v) is 9.92. The van der Waals surface area contributed by atoms with Crippen molar-refractivity contribution in [3.05, 3.63) is 54.6 Å². The predicted molar refractivity (Wildman–Crippen MR) is 115 cm³/mol. The Morgan fingerprint density at radius 3 is 2.38 bits per heavy atom. The van der Waals surface area contributed by atoms with Crippen LogP contribution in [0.3, 0.4) is 0 Å². The SMILES string of the molecule is CC(C)C(COc1ccc(-c2cc3ccccc3o2)cc1)NC(=O)OC(C)(C)C. The number of hydrogen-bond donors (Lipinski definition) is 1. The average Bonchev–Trinajstić information content (AvgIpc) is 3.08. The molecule has 3 rings (SSSR count). The molecule has 0 aliphatic carbocycles. The molecule has 0 saturated heterocycles. The zero-order valence-corrected chi connectivity index (χ0v) is 17.7. The van der Waals surface area contributed by atoms with Crippen LogP contribution < -0.4 is 10.1 Å². The van der Waals surface area contributed by atoms with Gasteiger partial charge < -0.3 is 19.2 Å².